The highest BCUT2D eigenvalue weighted by atomic mass is 16.5. The van der Waals surface area contributed by atoms with Crippen LogP contribution in [0.15, 0.2) is 24.5 Å². The van der Waals surface area contributed by atoms with Gasteiger partial charge in [0.15, 0.2) is 0 Å². The molecule has 1 aromatic carbocycles. The fourth-order valence-electron chi connectivity index (χ4n) is 4.88. The molecule has 0 bridgehead atoms. The van der Waals surface area contributed by atoms with Gasteiger partial charge < -0.3 is 25.0 Å². The molecule has 9 nitrogen and oxygen atoms in total. The number of aryl methyl sites for hydroxylation is 2. The molecule has 3 aromatic rings. The molecule has 1 saturated carbocycles. The van der Waals surface area contributed by atoms with Crippen molar-refractivity contribution in [3.05, 3.63) is 41.3 Å². The largest absolute Gasteiger partial charge is 0.493 e. The fraction of sp³-hybridized carbons (Fsp3) is 0.462. The smallest absolute Gasteiger partial charge is 0.255 e. The maximum absolute atomic E-state index is 13.3. The lowest BCUT2D eigenvalue weighted by Gasteiger charge is -2.19. The molecule has 184 valence electrons. The molecule has 0 unspecified atom stereocenters. The molecule has 5 rings (SSSR count). The van der Waals surface area contributed by atoms with E-state index in [9.17, 15) is 14.7 Å². The number of carbonyl (C=O) groups excluding carboxylic acids is 2. The van der Waals surface area contributed by atoms with Gasteiger partial charge in [0.2, 0.25) is 5.91 Å². The number of nitrogens with one attached hydrogen (secondary N) is 2. The summed E-state index contributed by atoms with van der Waals surface area (Å²) < 4.78 is 6.14. The van der Waals surface area contributed by atoms with Crippen LogP contribution in [0.25, 0.3) is 22.3 Å². The topological polar surface area (TPSA) is 120 Å². The van der Waals surface area contributed by atoms with Gasteiger partial charge in [0.05, 0.1) is 17.7 Å². The molecule has 2 amide bonds. The average Bonchev–Trinajstić information content (AvgIpc) is 3.50. The van der Waals surface area contributed by atoms with Gasteiger partial charge in [0, 0.05) is 29.9 Å². The van der Waals surface area contributed by atoms with E-state index in [1.54, 1.807) is 4.90 Å². The highest BCUT2D eigenvalue weighted by molar-refractivity contribution is 6.09. The van der Waals surface area contributed by atoms with E-state index in [1.165, 1.54) is 19.2 Å². The Labute approximate surface area is 203 Å². The third kappa shape index (κ3) is 4.60. The second-order valence-electron chi connectivity index (χ2n) is 9.78. The van der Waals surface area contributed by atoms with Crippen molar-refractivity contribution in [2.24, 2.45) is 5.92 Å². The van der Waals surface area contributed by atoms with Gasteiger partial charge in [-0.3, -0.25) is 9.59 Å². The van der Waals surface area contributed by atoms with Gasteiger partial charge in [-0.2, -0.15) is 0 Å². The summed E-state index contributed by atoms with van der Waals surface area (Å²) in [4.78, 5) is 39.2. The van der Waals surface area contributed by atoms with Gasteiger partial charge in [0.1, 0.15) is 29.9 Å². The van der Waals surface area contributed by atoms with Crippen LogP contribution in [-0.2, 0) is 4.79 Å². The summed E-state index contributed by atoms with van der Waals surface area (Å²) in [6.07, 6.45) is 4.52. The first-order valence-electron chi connectivity index (χ1n) is 12.1. The molecule has 3 N–H and O–H groups in total. The first kappa shape index (κ1) is 23.3. The third-order valence-corrected chi connectivity index (χ3v) is 6.93. The van der Waals surface area contributed by atoms with Crippen LogP contribution in [-0.4, -0.2) is 68.6 Å². The summed E-state index contributed by atoms with van der Waals surface area (Å²) in [5.41, 5.74) is 5.06. The Bertz CT molecular complexity index is 1280. The SMILES string of the molecule is Cc1ccc(OCC2CC2)c(-c2ncnc3c(C(=O)N[C@@H]4C[C@H](C)N(C(=O)CO)C4)c(C)[nH]c23)c1. The molecule has 1 saturated heterocycles. The number of H-pyrrole nitrogens is 1. The summed E-state index contributed by atoms with van der Waals surface area (Å²) in [5.74, 6) is 0.824. The van der Waals surface area contributed by atoms with Crippen LogP contribution in [0.4, 0.5) is 0 Å². The lowest BCUT2D eigenvalue weighted by atomic mass is 10.1. The van der Waals surface area contributed by atoms with Crippen LogP contribution < -0.4 is 10.1 Å². The number of aromatic nitrogens is 3. The van der Waals surface area contributed by atoms with E-state index in [1.807, 2.05) is 39.0 Å². The molecular formula is C26H31N5O4. The summed E-state index contributed by atoms with van der Waals surface area (Å²) >= 11 is 0. The molecule has 0 spiro atoms. The number of likely N-dealkylation sites (tertiary alicyclic amines) is 1. The Hall–Kier alpha value is -3.46. The van der Waals surface area contributed by atoms with Crippen molar-refractivity contribution in [1.82, 2.24) is 25.2 Å². The summed E-state index contributed by atoms with van der Waals surface area (Å²) in [6, 6.07) is 5.81. The lowest BCUT2D eigenvalue weighted by molar-refractivity contribution is -0.134. The van der Waals surface area contributed by atoms with Crippen molar-refractivity contribution in [1.29, 1.82) is 0 Å². The second-order valence-corrected chi connectivity index (χ2v) is 9.78. The molecule has 9 heteroatoms. The van der Waals surface area contributed by atoms with Crippen molar-refractivity contribution in [2.45, 2.75) is 52.1 Å². The van der Waals surface area contributed by atoms with Crippen molar-refractivity contribution in [3.63, 3.8) is 0 Å². The van der Waals surface area contributed by atoms with Crippen LogP contribution in [0.1, 0.15) is 47.8 Å². The number of aromatic amines is 1. The van der Waals surface area contributed by atoms with Crippen LogP contribution in [0, 0.1) is 19.8 Å². The predicted octanol–water partition coefficient (Wildman–Crippen LogP) is 2.74. The number of aliphatic hydroxyl groups excluding tert-OH is 1. The number of rotatable bonds is 7. The fourth-order valence-corrected chi connectivity index (χ4v) is 4.88. The summed E-state index contributed by atoms with van der Waals surface area (Å²) in [5, 5.41) is 12.3. The highest BCUT2D eigenvalue weighted by Crippen LogP contribution is 2.37. The maximum Gasteiger partial charge on any atom is 0.255 e. The first-order valence-corrected chi connectivity index (χ1v) is 12.1. The number of carbonyl (C=O) groups is 2. The quantitative estimate of drug-likeness (QED) is 0.481. The van der Waals surface area contributed by atoms with Crippen molar-refractivity contribution in [3.8, 4) is 17.0 Å². The molecular weight excluding hydrogens is 446 g/mol. The Morgan fingerprint density at radius 1 is 1.26 bits per heavy atom. The van der Waals surface area contributed by atoms with Crippen molar-refractivity contribution in [2.75, 3.05) is 19.8 Å². The predicted molar refractivity (Wildman–Crippen MR) is 131 cm³/mol. The molecule has 3 heterocycles. The van der Waals surface area contributed by atoms with Gasteiger partial charge >= 0.3 is 0 Å². The number of aliphatic hydroxyl groups is 1. The second kappa shape index (κ2) is 9.30. The number of fused-ring (bicyclic) bond motifs is 1. The Kier molecular flexibility index (Phi) is 6.19. The first-order chi connectivity index (χ1) is 16.9. The van der Waals surface area contributed by atoms with Gasteiger partial charge in [-0.1, -0.05) is 11.6 Å². The van der Waals surface area contributed by atoms with Crippen LogP contribution in [0.5, 0.6) is 5.75 Å². The van der Waals surface area contributed by atoms with Gasteiger partial charge in [0.25, 0.3) is 5.91 Å². The van der Waals surface area contributed by atoms with Crippen molar-refractivity contribution >= 4 is 22.8 Å². The number of hydrogen-bond acceptors (Lipinski definition) is 6. The zero-order chi connectivity index (χ0) is 24.7. The van der Waals surface area contributed by atoms with Gasteiger partial charge in [-0.25, -0.2) is 9.97 Å². The number of hydrogen-bond donors (Lipinski definition) is 3. The zero-order valence-electron chi connectivity index (χ0n) is 20.3. The van der Waals surface area contributed by atoms with Gasteiger partial charge in [-0.15, -0.1) is 0 Å². The Morgan fingerprint density at radius 3 is 2.80 bits per heavy atom. The average molecular weight is 478 g/mol. The van der Waals surface area contributed by atoms with Gasteiger partial charge in [-0.05, 0) is 58.1 Å². The molecule has 35 heavy (non-hydrogen) atoms. The van der Waals surface area contributed by atoms with E-state index in [2.05, 4.69) is 20.3 Å². The van der Waals surface area contributed by atoms with E-state index < -0.39 is 6.61 Å². The molecule has 2 fully saturated rings. The monoisotopic (exact) mass is 477 g/mol. The van der Waals surface area contributed by atoms with Crippen LogP contribution >= 0.6 is 0 Å². The molecule has 2 atom stereocenters. The minimum atomic E-state index is -0.530. The molecule has 1 aliphatic heterocycles. The molecule has 1 aliphatic carbocycles. The number of nitrogens with zero attached hydrogens (tertiary/aromatic N) is 3. The van der Waals surface area contributed by atoms with Crippen LogP contribution in [0.3, 0.4) is 0 Å². The minimum Gasteiger partial charge on any atom is -0.493 e. The molecule has 2 aliphatic rings. The number of amides is 2. The van der Waals surface area contributed by atoms with E-state index in [4.69, 9.17) is 4.74 Å². The Morgan fingerprint density at radius 2 is 2.06 bits per heavy atom. The van der Waals surface area contributed by atoms with Crippen LogP contribution in [0.2, 0.25) is 0 Å². The maximum atomic E-state index is 13.3. The summed E-state index contributed by atoms with van der Waals surface area (Å²) in [7, 11) is 0. The molecule has 2 aromatic heterocycles. The number of ether oxygens (including phenoxy) is 1. The Balaban J connectivity index is 1.45. The van der Waals surface area contributed by atoms with E-state index in [0.29, 0.717) is 53.5 Å². The standard InChI is InChI=1S/C26H31N5O4/c1-14-4-7-20(35-12-17-5-6-17)19(8-14)23-25-24(28-13-27-23)22(16(3)29-25)26(34)30-18-9-15(2)31(10-18)21(33)11-32/h4,7-8,13,15,17-18,29,32H,5-6,9-12H2,1-3H3,(H,30,34)/t15-,18+/m0/s1. The highest BCUT2D eigenvalue weighted by Gasteiger charge is 2.34. The summed E-state index contributed by atoms with van der Waals surface area (Å²) in [6.45, 7) is 6.33. The number of benzene rings is 1. The zero-order valence-corrected chi connectivity index (χ0v) is 20.3. The van der Waals surface area contributed by atoms with Crippen molar-refractivity contribution < 1.29 is 19.4 Å². The van der Waals surface area contributed by atoms with E-state index >= 15 is 0 Å². The van der Waals surface area contributed by atoms with E-state index in [0.717, 1.165) is 16.9 Å². The lowest BCUT2D eigenvalue weighted by Crippen LogP contribution is -2.40. The van der Waals surface area contributed by atoms with E-state index in [-0.39, 0.29) is 23.9 Å². The normalized spacial score (nSPS) is 19.8. The molecule has 0 radical (unpaired) electrons. The third-order valence-electron chi connectivity index (χ3n) is 6.93. The minimum absolute atomic E-state index is 0.0478.